The summed E-state index contributed by atoms with van der Waals surface area (Å²) in [5.41, 5.74) is 5.45. The van der Waals surface area contributed by atoms with Crippen LogP contribution in [-0.4, -0.2) is 14.1 Å². The van der Waals surface area contributed by atoms with E-state index in [0.29, 0.717) is 0 Å². The number of hydrogen-bond donors (Lipinski definition) is 3. The van der Waals surface area contributed by atoms with E-state index in [2.05, 4.69) is 22.7 Å². The fourth-order valence-electron chi connectivity index (χ4n) is 0.213. The molecule has 3 N–H and O–H groups in total. The molecule has 0 unspecified atom stereocenters. The highest BCUT2D eigenvalue weighted by molar-refractivity contribution is 4.82. The van der Waals surface area contributed by atoms with Crippen LogP contribution in [0.3, 0.4) is 0 Å². The van der Waals surface area contributed by atoms with Gasteiger partial charge >= 0.3 is 0 Å². The summed E-state index contributed by atoms with van der Waals surface area (Å²) in [5, 5.41) is 2.80. The lowest BCUT2D eigenvalue weighted by atomic mass is 10.8. The van der Waals surface area contributed by atoms with Gasteiger partial charge in [0.2, 0.25) is 0 Å². The average Bonchev–Trinajstić information content (AvgIpc) is 1.68. The smallest absolute Gasteiger partial charge is 0.105 e. The highest BCUT2D eigenvalue weighted by Gasteiger charge is 1.76. The van der Waals surface area contributed by atoms with Gasteiger partial charge in [0.1, 0.15) is 5.82 Å². The fourth-order valence-corrected chi connectivity index (χ4v) is 0.213. The molecule has 7 heavy (non-hydrogen) atoms. The third kappa shape index (κ3) is 3.12. The predicted octanol–water partition coefficient (Wildman–Crippen LogP) is -0.599. The lowest BCUT2D eigenvalue weighted by molar-refractivity contribution is 0.648. The summed E-state index contributed by atoms with van der Waals surface area (Å²) in [6, 6.07) is 0. The number of hydrazine groups is 1. The summed E-state index contributed by atoms with van der Waals surface area (Å²) in [4.78, 5) is 0. The van der Waals surface area contributed by atoms with Gasteiger partial charge in [0.15, 0.2) is 0 Å². The van der Waals surface area contributed by atoms with Gasteiger partial charge in [0, 0.05) is 14.1 Å². The molecule has 0 aliphatic carbocycles. The van der Waals surface area contributed by atoms with Crippen molar-refractivity contribution in [2.45, 2.75) is 0 Å². The highest BCUT2D eigenvalue weighted by atomic mass is 15.4. The zero-order valence-corrected chi connectivity index (χ0v) is 4.71. The van der Waals surface area contributed by atoms with E-state index in [1.54, 1.807) is 14.1 Å². The van der Waals surface area contributed by atoms with E-state index in [-0.39, 0.29) is 0 Å². The van der Waals surface area contributed by atoms with E-state index >= 15 is 0 Å². The fraction of sp³-hybridized carbons (Fsp3) is 0.500. The molecule has 42 valence electrons. The quantitative estimate of drug-likeness (QED) is 0.415. The Bertz CT molecular complexity index is 60.0. The van der Waals surface area contributed by atoms with Crippen molar-refractivity contribution in [1.29, 1.82) is 0 Å². The van der Waals surface area contributed by atoms with Gasteiger partial charge < -0.3 is 10.7 Å². The van der Waals surface area contributed by atoms with Gasteiger partial charge in [-0.3, -0.25) is 0 Å². The summed E-state index contributed by atoms with van der Waals surface area (Å²) in [5.74, 6) is 0.766. The molecular weight excluding hydrogens is 90.1 g/mol. The van der Waals surface area contributed by atoms with Gasteiger partial charge in [-0.1, -0.05) is 6.58 Å². The molecule has 0 aliphatic heterocycles. The lowest BCUT2D eigenvalue weighted by Gasteiger charge is -2.04. The van der Waals surface area contributed by atoms with Gasteiger partial charge in [-0.2, -0.15) is 0 Å². The van der Waals surface area contributed by atoms with Crippen LogP contribution in [0.25, 0.3) is 0 Å². The molecule has 0 saturated carbocycles. The topological polar surface area (TPSA) is 36.1 Å². The molecule has 0 rings (SSSR count). The van der Waals surface area contributed by atoms with Gasteiger partial charge in [-0.25, -0.2) is 5.43 Å². The summed E-state index contributed by atoms with van der Waals surface area (Å²) >= 11 is 0. The van der Waals surface area contributed by atoms with Crippen LogP contribution in [0.4, 0.5) is 0 Å². The molecule has 0 aromatic heterocycles. The van der Waals surface area contributed by atoms with Crippen LogP contribution in [-0.2, 0) is 0 Å². The Hall–Kier alpha value is -0.700. The van der Waals surface area contributed by atoms with Crippen molar-refractivity contribution in [2.75, 3.05) is 14.1 Å². The first kappa shape index (κ1) is 6.30. The van der Waals surface area contributed by atoms with Crippen molar-refractivity contribution < 1.29 is 0 Å². The molecule has 0 heterocycles. The second-order valence-electron chi connectivity index (χ2n) is 1.10. The standard InChI is InChI=1S/C4H11N3/c1-4(5-2)7-6-3/h5-7H,1H2,2-3H3. The number of hydrogen-bond acceptors (Lipinski definition) is 3. The maximum absolute atomic E-state index is 3.58. The van der Waals surface area contributed by atoms with Crippen LogP contribution >= 0.6 is 0 Å². The Morgan fingerprint density at radius 1 is 1.43 bits per heavy atom. The van der Waals surface area contributed by atoms with Crippen LogP contribution in [0.15, 0.2) is 12.4 Å². The van der Waals surface area contributed by atoms with Crippen molar-refractivity contribution in [3.63, 3.8) is 0 Å². The minimum atomic E-state index is 0.766. The van der Waals surface area contributed by atoms with Gasteiger partial charge in [0.05, 0.1) is 0 Å². The molecular formula is C4H11N3. The highest BCUT2D eigenvalue weighted by Crippen LogP contribution is 1.62. The molecule has 0 aliphatic rings. The Kier molecular flexibility index (Phi) is 3.14. The van der Waals surface area contributed by atoms with E-state index in [9.17, 15) is 0 Å². The van der Waals surface area contributed by atoms with Crippen molar-refractivity contribution >= 4 is 0 Å². The molecule has 3 nitrogen and oxygen atoms in total. The number of rotatable bonds is 3. The average molecular weight is 101 g/mol. The maximum atomic E-state index is 3.58. The third-order valence-corrected chi connectivity index (χ3v) is 0.578. The molecule has 0 bridgehead atoms. The molecule has 3 heteroatoms. The van der Waals surface area contributed by atoms with Crippen molar-refractivity contribution in [1.82, 2.24) is 16.2 Å². The van der Waals surface area contributed by atoms with Crippen molar-refractivity contribution in [3.8, 4) is 0 Å². The Morgan fingerprint density at radius 2 is 2.00 bits per heavy atom. The molecule has 0 spiro atoms. The van der Waals surface area contributed by atoms with Crippen LogP contribution in [0, 0.1) is 0 Å². The van der Waals surface area contributed by atoms with Crippen molar-refractivity contribution in [2.24, 2.45) is 0 Å². The molecule has 0 amide bonds. The Labute approximate surface area is 43.8 Å². The monoisotopic (exact) mass is 101 g/mol. The molecule has 0 radical (unpaired) electrons. The lowest BCUT2D eigenvalue weighted by Crippen LogP contribution is -2.31. The van der Waals surface area contributed by atoms with E-state index in [1.165, 1.54) is 0 Å². The molecule has 0 saturated heterocycles. The first-order valence-electron chi connectivity index (χ1n) is 2.10. The minimum absolute atomic E-state index is 0.766. The number of nitrogens with one attached hydrogen (secondary N) is 3. The zero-order valence-electron chi connectivity index (χ0n) is 4.71. The van der Waals surface area contributed by atoms with Crippen molar-refractivity contribution in [3.05, 3.63) is 12.4 Å². The molecule has 0 aromatic rings. The first-order valence-corrected chi connectivity index (χ1v) is 2.10. The van der Waals surface area contributed by atoms with E-state index in [0.717, 1.165) is 5.82 Å². The van der Waals surface area contributed by atoms with E-state index in [4.69, 9.17) is 0 Å². The third-order valence-electron chi connectivity index (χ3n) is 0.578. The Balaban J connectivity index is 3.00. The predicted molar refractivity (Wildman–Crippen MR) is 30.4 cm³/mol. The Morgan fingerprint density at radius 3 is 2.14 bits per heavy atom. The van der Waals surface area contributed by atoms with Crippen LogP contribution in [0.1, 0.15) is 0 Å². The zero-order chi connectivity index (χ0) is 5.70. The summed E-state index contributed by atoms with van der Waals surface area (Å²) in [6.07, 6.45) is 0. The van der Waals surface area contributed by atoms with Gasteiger partial charge in [-0.15, -0.1) is 0 Å². The maximum Gasteiger partial charge on any atom is 0.105 e. The molecule has 0 atom stereocenters. The summed E-state index contributed by atoms with van der Waals surface area (Å²) < 4.78 is 0. The molecule has 0 fully saturated rings. The van der Waals surface area contributed by atoms with E-state index < -0.39 is 0 Å². The van der Waals surface area contributed by atoms with E-state index in [1.807, 2.05) is 0 Å². The summed E-state index contributed by atoms with van der Waals surface area (Å²) in [6.45, 7) is 3.58. The normalized spacial score (nSPS) is 7.71. The minimum Gasteiger partial charge on any atom is -0.374 e. The second-order valence-corrected chi connectivity index (χ2v) is 1.10. The largest absolute Gasteiger partial charge is 0.374 e. The van der Waals surface area contributed by atoms with Crippen LogP contribution in [0.5, 0.6) is 0 Å². The van der Waals surface area contributed by atoms with Crippen LogP contribution < -0.4 is 16.2 Å². The summed E-state index contributed by atoms with van der Waals surface area (Å²) in [7, 11) is 3.58. The first-order chi connectivity index (χ1) is 3.31. The van der Waals surface area contributed by atoms with Gasteiger partial charge in [0.25, 0.3) is 0 Å². The van der Waals surface area contributed by atoms with Crippen LogP contribution in [0.2, 0.25) is 0 Å². The molecule has 0 aromatic carbocycles. The van der Waals surface area contributed by atoms with Gasteiger partial charge in [-0.05, 0) is 0 Å². The SMILES string of the molecule is C=C(NC)NNC. The second kappa shape index (κ2) is 3.49.